The van der Waals surface area contributed by atoms with Crippen LogP contribution in [-0.2, 0) is 6.42 Å². The van der Waals surface area contributed by atoms with Crippen LogP contribution in [0.25, 0.3) is 0 Å². The van der Waals surface area contributed by atoms with Gasteiger partial charge in [-0.3, -0.25) is 0 Å². The summed E-state index contributed by atoms with van der Waals surface area (Å²) in [5.41, 5.74) is 1.39. The number of rotatable bonds is 7. The topological polar surface area (TPSA) is 51.0 Å². The highest BCUT2D eigenvalue weighted by Crippen LogP contribution is 2.23. The van der Waals surface area contributed by atoms with E-state index in [1.54, 1.807) is 0 Å². The molecule has 0 aliphatic rings. The first kappa shape index (κ1) is 14.7. The van der Waals surface area contributed by atoms with Crippen LogP contribution in [0.15, 0.2) is 34.9 Å². The zero-order valence-electron chi connectivity index (χ0n) is 12.5. The van der Waals surface area contributed by atoms with E-state index >= 15 is 0 Å². The van der Waals surface area contributed by atoms with Gasteiger partial charge in [-0.15, -0.1) is 0 Å². The Morgan fingerprint density at radius 3 is 2.55 bits per heavy atom. The monoisotopic (exact) mass is 273 g/mol. The van der Waals surface area contributed by atoms with Crippen LogP contribution in [0, 0.1) is 12.8 Å². The Morgan fingerprint density at radius 1 is 1.20 bits per heavy atom. The first-order valence-corrected chi connectivity index (χ1v) is 7.21. The number of nitrogens with one attached hydrogen (secondary N) is 1. The second kappa shape index (κ2) is 7.20. The molecule has 0 radical (unpaired) electrons. The molecule has 2 rings (SSSR count). The zero-order chi connectivity index (χ0) is 14.4. The zero-order valence-corrected chi connectivity index (χ0v) is 12.5. The van der Waals surface area contributed by atoms with E-state index in [0.717, 1.165) is 25.3 Å². The first-order valence-electron chi connectivity index (χ1n) is 7.21. The van der Waals surface area contributed by atoms with Gasteiger partial charge < -0.3 is 9.84 Å². The molecule has 4 heteroatoms. The van der Waals surface area contributed by atoms with Crippen LogP contribution in [0.1, 0.15) is 37.0 Å². The number of hydrogen-bond acceptors (Lipinski definition) is 4. The van der Waals surface area contributed by atoms with Gasteiger partial charge in [0, 0.05) is 26.4 Å². The third-order valence-corrected chi connectivity index (χ3v) is 3.49. The summed E-state index contributed by atoms with van der Waals surface area (Å²) in [4.78, 5) is 4.20. The molecule has 1 unspecified atom stereocenters. The lowest BCUT2D eigenvalue weighted by Gasteiger charge is -2.21. The molecule has 20 heavy (non-hydrogen) atoms. The van der Waals surface area contributed by atoms with Gasteiger partial charge in [0.25, 0.3) is 0 Å². The Balaban J connectivity index is 1.81. The molecule has 1 heterocycles. The van der Waals surface area contributed by atoms with Gasteiger partial charge in [-0.25, -0.2) is 0 Å². The highest BCUT2D eigenvalue weighted by molar-refractivity contribution is 5.20. The fourth-order valence-corrected chi connectivity index (χ4v) is 2.34. The predicted molar refractivity (Wildman–Crippen MR) is 79.6 cm³/mol. The van der Waals surface area contributed by atoms with Gasteiger partial charge >= 0.3 is 0 Å². The molecule has 1 aromatic carbocycles. The molecule has 0 amide bonds. The summed E-state index contributed by atoms with van der Waals surface area (Å²) in [5, 5.41) is 7.40. The van der Waals surface area contributed by atoms with Gasteiger partial charge in [-0.1, -0.05) is 49.3 Å². The molecule has 108 valence electrons. The number of nitrogens with zero attached hydrogens (tertiary/aromatic N) is 2. The van der Waals surface area contributed by atoms with Gasteiger partial charge in [0.05, 0.1) is 0 Å². The number of benzene rings is 1. The average molecular weight is 273 g/mol. The molecule has 2 aromatic rings. The van der Waals surface area contributed by atoms with Crippen LogP contribution in [0.5, 0.6) is 0 Å². The Kier molecular flexibility index (Phi) is 5.30. The van der Waals surface area contributed by atoms with Crippen LogP contribution in [0.4, 0.5) is 0 Å². The van der Waals surface area contributed by atoms with Gasteiger partial charge in [0.2, 0.25) is 5.89 Å². The SMILES string of the molecule is Cc1nc(CCNCC(c2ccccc2)C(C)C)no1. The van der Waals surface area contributed by atoms with E-state index in [0.29, 0.717) is 17.7 Å². The molecular weight excluding hydrogens is 250 g/mol. The smallest absolute Gasteiger partial charge is 0.223 e. The predicted octanol–water partition coefficient (Wildman–Crippen LogP) is 2.95. The summed E-state index contributed by atoms with van der Waals surface area (Å²) >= 11 is 0. The lowest BCUT2D eigenvalue weighted by molar-refractivity contribution is 0.386. The van der Waals surface area contributed by atoms with Crippen molar-refractivity contribution in [1.82, 2.24) is 15.5 Å². The molecule has 1 N–H and O–H groups in total. The van der Waals surface area contributed by atoms with E-state index in [4.69, 9.17) is 4.52 Å². The molecule has 0 bridgehead atoms. The van der Waals surface area contributed by atoms with E-state index < -0.39 is 0 Å². The fourth-order valence-electron chi connectivity index (χ4n) is 2.34. The minimum Gasteiger partial charge on any atom is -0.340 e. The summed E-state index contributed by atoms with van der Waals surface area (Å²) in [5.74, 6) is 2.54. The molecular formula is C16H23N3O. The van der Waals surface area contributed by atoms with Crippen molar-refractivity contribution in [3.63, 3.8) is 0 Å². The van der Waals surface area contributed by atoms with Gasteiger partial charge in [-0.2, -0.15) is 4.98 Å². The Labute approximate surface area is 120 Å². The third kappa shape index (κ3) is 4.17. The van der Waals surface area contributed by atoms with E-state index in [2.05, 4.69) is 59.6 Å². The minimum absolute atomic E-state index is 0.531. The van der Waals surface area contributed by atoms with E-state index in [9.17, 15) is 0 Å². The molecule has 0 saturated carbocycles. The second-order valence-corrected chi connectivity index (χ2v) is 5.44. The summed E-state index contributed by atoms with van der Waals surface area (Å²) in [7, 11) is 0. The highest BCUT2D eigenvalue weighted by Gasteiger charge is 2.15. The van der Waals surface area contributed by atoms with Crippen molar-refractivity contribution in [2.45, 2.75) is 33.1 Å². The lowest BCUT2D eigenvalue weighted by atomic mass is 9.88. The van der Waals surface area contributed by atoms with Crippen molar-refractivity contribution in [3.8, 4) is 0 Å². The van der Waals surface area contributed by atoms with Crippen molar-refractivity contribution in [3.05, 3.63) is 47.6 Å². The van der Waals surface area contributed by atoms with Crippen molar-refractivity contribution < 1.29 is 4.52 Å². The molecule has 0 aliphatic carbocycles. The maximum atomic E-state index is 4.96. The van der Waals surface area contributed by atoms with Crippen molar-refractivity contribution in [2.24, 2.45) is 5.92 Å². The molecule has 0 fully saturated rings. The maximum absolute atomic E-state index is 4.96. The third-order valence-electron chi connectivity index (χ3n) is 3.49. The molecule has 0 spiro atoms. The molecule has 0 aliphatic heterocycles. The van der Waals surface area contributed by atoms with Crippen LogP contribution in [-0.4, -0.2) is 23.2 Å². The van der Waals surface area contributed by atoms with Crippen molar-refractivity contribution in [1.29, 1.82) is 0 Å². The number of aromatic nitrogens is 2. The van der Waals surface area contributed by atoms with Crippen LogP contribution >= 0.6 is 0 Å². The maximum Gasteiger partial charge on any atom is 0.223 e. The van der Waals surface area contributed by atoms with Crippen LogP contribution in [0.2, 0.25) is 0 Å². The van der Waals surface area contributed by atoms with Crippen LogP contribution in [0.3, 0.4) is 0 Å². The molecule has 4 nitrogen and oxygen atoms in total. The van der Waals surface area contributed by atoms with Gasteiger partial charge in [0.1, 0.15) is 0 Å². The second-order valence-electron chi connectivity index (χ2n) is 5.44. The first-order chi connectivity index (χ1) is 9.66. The van der Waals surface area contributed by atoms with Gasteiger partial charge in [-0.05, 0) is 17.4 Å². The Morgan fingerprint density at radius 2 is 1.95 bits per heavy atom. The van der Waals surface area contributed by atoms with E-state index in [1.807, 2.05) is 6.92 Å². The highest BCUT2D eigenvalue weighted by atomic mass is 16.5. The van der Waals surface area contributed by atoms with Crippen molar-refractivity contribution in [2.75, 3.05) is 13.1 Å². The normalized spacial score (nSPS) is 12.8. The summed E-state index contributed by atoms with van der Waals surface area (Å²) < 4.78 is 4.96. The van der Waals surface area contributed by atoms with E-state index in [1.165, 1.54) is 5.56 Å². The van der Waals surface area contributed by atoms with Crippen molar-refractivity contribution >= 4 is 0 Å². The summed E-state index contributed by atoms with van der Waals surface area (Å²) in [6.45, 7) is 8.19. The Bertz CT molecular complexity index is 507. The minimum atomic E-state index is 0.531. The fraction of sp³-hybridized carbons (Fsp3) is 0.500. The lowest BCUT2D eigenvalue weighted by Crippen LogP contribution is -2.26. The van der Waals surface area contributed by atoms with Gasteiger partial charge in [0.15, 0.2) is 5.82 Å². The quantitative estimate of drug-likeness (QED) is 0.788. The number of hydrogen-bond donors (Lipinski definition) is 1. The molecule has 1 atom stereocenters. The van der Waals surface area contributed by atoms with Crippen LogP contribution < -0.4 is 5.32 Å². The summed E-state index contributed by atoms with van der Waals surface area (Å²) in [6.07, 6.45) is 0.803. The standard InChI is InChI=1S/C16H23N3O/c1-12(2)15(14-7-5-4-6-8-14)11-17-10-9-16-18-13(3)20-19-16/h4-8,12,15,17H,9-11H2,1-3H3. The Hall–Kier alpha value is -1.68. The average Bonchev–Trinajstić information content (AvgIpc) is 2.85. The van der Waals surface area contributed by atoms with E-state index in [-0.39, 0.29) is 0 Å². The largest absolute Gasteiger partial charge is 0.340 e. The molecule has 0 saturated heterocycles. The summed E-state index contributed by atoms with van der Waals surface area (Å²) in [6, 6.07) is 10.7. The molecule has 1 aromatic heterocycles. The number of aryl methyl sites for hydroxylation is 1.